The van der Waals surface area contributed by atoms with Crippen LogP contribution in [0, 0.1) is 12.7 Å². The molecule has 174 valence electrons. The summed E-state index contributed by atoms with van der Waals surface area (Å²) in [5, 5.41) is 4.26. The Labute approximate surface area is 186 Å². The van der Waals surface area contributed by atoms with E-state index >= 15 is 0 Å². The number of hydrogen-bond acceptors (Lipinski definition) is 5. The zero-order valence-electron chi connectivity index (χ0n) is 17.2. The van der Waals surface area contributed by atoms with Crippen molar-refractivity contribution in [1.82, 2.24) is 19.4 Å². The zero-order chi connectivity index (χ0) is 23.8. The molecule has 2 heterocycles. The molecule has 0 saturated heterocycles. The molecule has 0 bridgehead atoms. The third-order valence-corrected chi connectivity index (χ3v) is 6.31. The molecule has 2 aromatic heterocycles. The van der Waals surface area contributed by atoms with Gasteiger partial charge in [-0.25, -0.2) is 17.5 Å². The van der Waals surface area contributed by atoms with Crippen LogP contribution < -0.4 is 4.72 Å². The van der Waals surface area contributed by atoms with Gasteiger partial charge in [0.15, 0.2) is 0 Å². The van der Waals surface area contributed by atoms with Crippen LogP contribution in [0.2, 0.25) is 0 Å². The van der Waals surface area contributed by atoms with Crippen LogP contribution >= 0.6 is 0 Å². The fraction of sp³-hybridized carbons (Fsp3) is 0.238. The van der Waals surface area contributed by atoms with Crippen LogP contribution in [0.15, 0.2) is 53.2 Å². The minimum Gasteiger partial charge on any atom is -0.346 e. The molecule has 4 aromatic rings. The van der Waals surface area contributed by atoms with Crippen LogP contribution in [0.1, 0.15) is 17.0 Å². The highest BCUT2D eigenvalue weighted by atomic mass is 32.2. The molecule has 0 saturated carbocycles. The number of fused-ring (bicyclic) bond motifs is 1. The van der Waals surface area contributed by atoms with Crippen LogP contribution in [-0.2, 0) is 28.5 Å². The number of benzene rings is 2. The van der Waals surface area contributed by atoms with Gasteiger partial charge < -0.3 is 9.09 Å². The second kappa shape index (κ2) is 8.60. The maximum absolute atomic E-state index is 13.0. The average molecular weight is 482 g/mol. The number of aryl methyl sites for hydroxylation is 1. The molecular weight excluding hydrogens is 464 g/mol. The van der Waals surface area contributed by atoms with E-state index in [-0.39, 0.29) is 24.7 Å². The van der Waals surface area contributed by atoms with E-state index in [4.69, 9.17) is 0 Å². The van der Waals surface area contributed by atoms with E-state index in [0.717, 1.165) is 10.9 Å². The molecule has 1 N–H and O–H groups in total. The van der Waals surface area contributed by atoms with Crippen molar-refractivity contribution in [2.75, 3.05) is 6.54 Å². The summed E-state index contributed by atoms with van der Waals surface area (Å²) in [5.74, 6) is -2.37. The van der Waals surface area contributed by atoms with Crippen molar-refractivity contribution >= 4 is 20.9 Å². The fourth-order valence-electron chi connectivity index (χ4n) is 3.43. The van der Waals surface area contributed by atoms with E-state index in [1.807, 2.05) is 13.1 Å². The molecule has 12 heteroatoms. The predicted octanol–water partition coefficient (Wildman–Crippen LogP) is 4.28. The van der Waals surface area contributed by atoms with Gasteiger partial charge in [0, 0.05) is 35.8 Å². The second-order valence-electron chi connectivity index (χ2n) is 7.44. The number of alkyl halides is 3. The standard InChI is InChI=1S/C21H18F4N4O3S/c1-13-11-29(9-8-26-33(30,31)12-14-2-5-16(22)6-3-14)18-10-15(4-7-17(13)18)19-27-20(32-28-19)21(23,24)25/h2-7,10-11,26H,8-9,12H2,1H3. The molecule has 4 rings (SSSR count). The minimum atomic E-state index is -4.74. The Morgan fingerprint density at radius 2 is 1.85 bits per heavy atom. The molecule has 0 aliphatic rings. The number of aromatic nitrogens is 3. The number of nitrogens with one attached hydrogen (secondary N) is 1. The number of halogens is 4. The van der Waals surface area contributed by atoms with E-state index in [1.165, 1.54) is 24.3 Å². The van der Waals surface area contributed by atoms with Crippen molar-refractivity contribution in [2.24, 2.45) is 0 Å². The van der Waals surface area contributed by atoms with E-state index in [2.05, 4.69) is 19.4 Å². The van der Waals surface area contributed by atoms with Gasteiger partial charge in [-0.05, 0) is 36.2 Å². The Morgan fingerprint density at radius 3 is 2.52 bits per heavy atom. The SMILES string of the molecule is Cc1cn(CCNS(=O)(=O)Cc2ccc(F)cc2)c2cc(-c3noc(C(F)(F)F)n3)ccc12. The summed E-state index contributed by atoms with van der Waals surface area (Å²) in [4.78, 5) is 3.41. The van der Waals surface area contributed by atoms with Crippen LogP contribution in [0.5, 0.6) is 0 Å². The van der Waals surface area contributed by atoms with E-state index in [0.29, 0.717) is 16.6 Å². The lowest BCUT2D eigenvalue weighted by molar-refractivity contribution is -0.159. The Hall–Kier alpha value is -3.25. The number of sulfonamides is 1. The summed E-state index contributed by atoms with van der Waals surface area (Å²) in [5.41, 5.74) is 2.38. The quantitative estimate of drug-likeness (QED) is 0.397. The number of hydrogen-bond donors (Lipinski definition) is 1. The molecule has 0 fully saturated rings. The summed E-state index contributed by atoms with van der Waals surface area (Å²) in [6.45, 7) is 2.22. The van der Waals surface area contributed by atoms with Crippen LogP contribution in [0.25, 0.3) is 22.3 Å². The lowest BCUT2D eigenvalue weighted by atomic mass is 10.1. The van der Waals surface area contributed by atoms with Crippen molar-refractivity contribution in [1.29, 1.82) is 0 Å². The molecule has 0 radical (unpaired) electrons. The first-order chi connectivity index (χ1) is 15.5. The highest BCUT2D eigenvalue weighted by molar-refractivity contribution is 7.88. The Kier molecular flexibility index (Phi) is 5.97. The van der Waals surface area contributed by atoms with Crippen molar-refractivity contribution in [3.05, 3.63) is 71.5 Å². The Bertz CT molecular complexity index is 1390. The normalized spacial score (nSPS) is 12.5. The lowest BCUT2D eigenvalue weighted by Gasteiger charge is -2.09. The van der Waals surface area contributed by atoms with Gasteiger partial charge in [-0.2, -0.15) is 18.2 Å². The number of rotatable bonds is 7. The minimum absolute atomic E-state index is 0.0808. The van der Waals surface area contributed by atoms with Crippen LogP contribution in [0.3, 0.4) is 0 Å². The molecule has 0 aliphatic heterocycles. The smallest absolute Gasteiger partial charge is 0.346 e. The lowest BCUT2D eigenvalue weighted by Crippen LogP contribution is -2.28. The average Bonchev–Trinajstić information content (AvgIpc) is 3.35. The first-order valence-corrected chi connectivity index (χ1v) is 11.4. The maximum Gasteiger partial charge on any atom is 0.471 e. The fourth-order valence-corrected chi connectivity index (χ4v) is 4.56. The molecule has 0 spiro atoms. The highest BCUT2D eigenvalue weighted by Gasteiger charge is 2.38. The second-order valence-corrected chi connectivity index (χ2v) is 9.25. The summed E-state index contributed by atoms with van der Waals surface area (Å²) in [7, 11) is -3.65. The van der Waals surface area contributed by atoms with Gasteiger partial charge in [0.05, 0.1) is 5.75 Å². The van der Waals surface area contributed by atoms with E-state index in [9.17, 15) is 26.0 Å². The summed E-state index contributed by atoms with van der Waals surface area (Å²) < 4.78 is 84.5. The monoisotopic (exact) mass is 482 g/mol. The van der Waals surface area contributed by atoms with Gasteiger partial charge in [0.25, 0.3) is 0 Å². The summed E-state index contributed by atoms with van der Waals surface area (Å²) >= 11 is 0. The molecule has 0 amide bonds. The Morgan fingerprint density at radius 1 is 1.12 bits per heavy atom. The molecular formula is C21H18F4N4O3S. The first kappa shape index (κ1) is 22.9. The molecule has 0 unspecified atom stereocenters. The van der Waals surface area contributed by atoms with Gasteiger partial charge in [-0.15, -0.1) is 0 Å². The van der Waals surface area contributed by atoms with Gasteiger partial charge in [0.2, 0.25) is 15.8 Å². The van der Waals surface area contributed by atoms with Crippen molar-refractivity contribution in [2.45, 2.75) is 25.4 Å². The van der Waals surface area contributed by atoms with E-state index < -0.39 is 27.9 Å². The topological polar surface area (TPSA) is 90.0 Å². The van der Waals surface area contributed by atoms with E-state index in [1.54, 1.807) is 22.8 Å². The largest absolute Gasteiger partial charge is 0.471 e. The molecule has 0 atom stereocenters. The third-order valence-electron chi connectivity index (χ3n) is 4.95. The van der Waals surface area contributed by atoms with Crippen LogP contribution in [0.4, 0.5) is 17.6 Å². The number of nitrogens with zero attached hydrogens (tertiary/aromatic N) is 3. The van der Waals surface area contributed by atoms with Crippen molar-refractivity contribution in [3.63, 3.8) is 0 Å². The highest BCUT2D eigenvalue weighted by Crippen LogP contribution is 2.31. The molecule has 7 nitrogen and oxygen atoms in total. The van der Waals surface area contributed by atoms with Gasteiger partial charge in [0.1, 0.15) is 5.82 Å². The zero-order valence-corrected chi connectivity index (χ0v) is 18.0. The van der Waals surface area contributed by atoms with Crippen molar-refractivity contribution in [3.8, 4) is 11.4 Å². The van der Waals surface area contributed by atoms with Gasteiger partial charge >= 0.3 is 12.1 Å². The molecule has 2 aromatic carbocycles. The third kappa shape index (κ3) is 5.22. The maximum atomic E-state index is 13.0. The summed E-state index contributed by atoms with van der Waals surface area (Å²) in [6, 6.07) is 10.1. The Balaban J connectivity index is 1.50. The predicted molar refractivity (Wildman–Crippen MR) is 112 cm³/mol. The molecule has 33 heavy (non-hydrogen) atoms. The van der Waals surface area contributed by atoms with Gasteiger partial charge in [-0.3, -0.25) is 0 Å². The van der Waals surface area contributed by atoms with Gasteiger partial charge in [-0.1, -0.05) is 29.4 Å². The molecule has 0 aliphatic carbocycles. The van der Waals surface area contributed by atoms with Crippen LogP contribution in [-0.4, -0.2) is 29.7 Å². The summed E-state index contributed by atoms with van der Waals surface area (Å²) in [6.07, 6.45) is -2.92. The first-order valence-electron chi connectivity index (χ1n) is 9.74. The van der Waals surface area contributed by atoms with Crippen molar-refractivity contribution < 1.29 is 30.5 Å².